The van der Waals surface area contributed by atoms with E-state index < -0.39 is 15.6 Å². The van der Waals surface area contributed by atoms with Crippen LogP contribution in [0.3, 0.4) is 0 Å². The highest BCUT2D eigenvalue weighted by Gasteiger charge is 2.27. The predicted molar refractivity (Wildman–Crippen MR) is 150 cm³/mol. The molecule has 1 fully saturated rings. The molecule has 1 aliphatic rings. The Morgan fingerprint density at radius 1 is 1.06 bits per heavy atom. The highest BCUT2D eigenvalue weighted by molar-refractivity contribution is 9.10. The van der Waals surface area contributed by atoms with Crippen molar-refractivity contribution >= 4 is 54.8 Å². The summed E-state index contributed by atoms with van der Waals surface area (Å²) in [6, 6.07) is 16.8. The van der Waals surface area contributed by atoms with Crippen LogP contribution in [0.15, 0.2) is 64.0 Å². The number of nitrogens with zero attached hydrogens (tertiary/aromatic N) is 2. The minimum Gasteiger partial charge on any atom is -0.336 e. The van der Waals surface area contributed by atoms with Gasteiger partial charge in [-0.3, -0.25) is 9.69 Å². The summed E-state index contributed by atoms with van der Waals surface area (Å²) < 4.78 is 28.8. The van der Waals surface area contributed by atoms with Crippen molar-refractivity contribution in [3.8, 4) is 10.4 Å². The maximum Gasteiger partial charge on any atom is 0.253 e. The van der Waals surface area contributed by atoms with E-state index in [-0.39, 0.29) is 10.8 Å². The molecule has 0 atom stereocenters. The molecule has 0 saturated carbocycles. The van der Waals surface area contributed by atoms with Crippen molar-refractivity contribution in [1.82, 2.24) is 14.5 Å². The summed E-state index contributed by atoms with van der Waals surface area (Å²) in [6.45, 7) is 8.81. The maximum absolute atomic E-state index is 13.2. The van der Waals surface area contributed by atoms with Crippen molar-refractivity contribution in [2.24, 2.45) is 0 Å². The van der Waals surface area contributed by atoms with Gasteiger partial charge in [0, 0.05) is 68.6 Å². The lowest BCUT2D eigenvalue weighted by Gasteiger charge is -2.34. The second kappa shape index (κ2) is 10.9. The van der Waals surface area contributed by atoms with Crippen molar-refractivity contribution < 1.29 is 13.2 Å². The molecular formula is C26H29BrClN3O3S2. The third kappa shape index (κ3) is 6.57. The number of sulfonamides is 1. The largest absolute Gasteiger partial charge is 0.336 e. The fraction of sp³-hybridized carbons (Fsp3) is 0.346. The zero-order chi connectivity index (χ0) is 26.1. The number of hydrogen-bond acceptors (Lipinski definition) is 5. The van der Waals surface area contributed by atoms with Gasteiger partial charge in [0.1, 0.15) is 0 Å². The Hall–Kier alpha value is -1.75. The number of carbonyl (C=O) groups excluding carboxylic acids is 1. The van der Waals surface area contributed by atoms with Gasteiger partial charge >= 0.3 is 0 Å². The van der Waals surface area contributed by atoms with Gasteiger partial charge in [-0.1, -0.05) is 29.8 Å². The first-order valence-corrected chi connectivity index (χ1v) is 15.1. The fourth-order valence-corrected chi connectivity index (χ4v) is 7.87. The molecule has 36 heavy (non-hydrogen) atoms. The Balaban J connectivity index is 1.39. The van der Waals surface area contributed by atoms with Gasteiger partial charge in [-0.15, -0.1) is 11.3 Å². The molecule has 0 bridgehead atoms. The minimum absolute atomic E-state index is 0.0638. The molecule has 1 saturated heterocycles. The highest BCUT2D eigenvalue weighted by Crippen LogP contribution is 2.34. The van der Waals surface area contributed by atoms with Crippen LogP contribution in [0.4, 0.5) is 0 Å². The van der Waals surface area contributed by atoms with Gasteiger partial charge in [0.25, 0.3) is 5.91 Å². The van der Waals surface area contributed by atoms with Gasteiger partial charge < -0.3 is 4.90 Å². The average molecular weight is 611 g/mol. The highest BCUT2D eigenvalue weighted by atomic mass is 79.9. The molecule has 10 heteroatoms. The molecule has 1 N–H and O–H groups in total. The van der Waals surface area contributed by atoms with Crippen molar-refractivity contribution in [2.75, 3.05) is 26.2 Å². The van der Waals surface area contributed by atoms with E-state index in [4.69, 9.17) is 11.6 Å². The zero-order valence-corrected chi connectivity index (χ0v) is 24.4. The molecule has 192 valence electrons. The molecule has 1 amide bonds. The molecule has 0 unspecified atom stereocenters. The third-order valence-electron chi connectivity index (χ3n) is 5.75. The van der Waals surface area contributed by atoms with Gasteiger partial charge in [-0.2, -0.15) is 0 Å². The van der Waals surface area contributed by atoms with Crippen LogP contribution in [0.25, 0.3) is 10.4 Å². The van der Waals surface area contributed by atoms with E-state index in [9.17, 15) is 13.2 Å². The van der Waals surface area contributed by atoms with Gasteiger partial charge in [-0.05, 0) is 73.1 Å². The van der Waals surface area contributed by atoms with Crippen LogP contribution in [0.1, 0.15) is 36.0 Å². The van der Waals surface area contributed by atoms with E-state index in [1.54, 1.807) is 49.1 Å². The van der Waals surface area contributed by atoms with E-state index in [0.29, 0.717) is 23.1 Å². The lowest BCUT2D eigenvalue weighted by atomic mass is 10.1. The molecule has 0 radical (unpaired) electrons. The number of amides is 1. The number of carbonyl (C=O) groups is 1. The number of halogens is 2. The third-order valence-corrected chi connectivity index (χ3v) is 9.93. The Bertz CT molecular complexity index is 1360. The van der Waals surface area contributed by atoms with E-state index in [0.717, 1.165) is 35.1 Å². The molecular weight excluding hydrogens is 582 g/mol. The summed E-state index contributed by atoms with van der Waals surface area (Å²) in [4.78, 5) is 19.8. The molecule has 6 nitrogen and oxygen atoms in total. The quantitative estimate of drug-likeness (QED) is 0.379. The van der Waals surface area contributed by atoms with Crippen molar-refractivity contribution in [3.05, 3.63) is 74.5 Å². The molecule has 2 heterocycles. The van der Waals surface area contributed by atoms with Crippen LogP contribution in [0, 0.1) is 0 Å². The Labute approximate surface area is 230 Å². The second-order valence-corrected chi connectivity index (χ2v) is 13.9. The lowest BCUT2D eigenvalue weighted by Crippen LogP contribution is -2.48. The first kappa shape index (κ1) is 27.3. The first-order chi connectivity index (χ1) is 16.9. The average Bonchev–Trinajstić information content (AvgIpc) is 3.26. The number of rotatable bonds is 6. The second-order valence-electron chi connectivity index (χ2n) is 9.81. The van der Waals surface area contributed by atoms with Crippen LogP contribution in [-0.4, -0.2) is 55.8 Å². The SMILES string of the molecule is CC(C)(C)NS(=O)(=O)c1cc(C(=O)N2CCN(Cc3ccc(-c4ccccc4Cl)s3)CC2)ccc1Br. The lowest BCUT2D eigenvalue weighted by molar-refractivity contribution is 0.0629. The van der Waals surface area contributed by atoms with Crippen LogP contribution >= 0.6 is 38.9 Å². The van der Waals surface area contributed by atoms with Crippen molar-refractivity contribution in [3.63, 3.8) is 0 Å². The van der Waals surface area contributed by atoms with Gasteiger partial charge in [-0.25, -0.2) is 13.1 Å². The smallest absolute Gasteiger partial charge is 0.253 e. The molecule has 4 rings (SSSR count). The van der Waals surface area contributed by atoms with Crippen LogP contribution in [0.2, 0.25) is 5.02 Å². The number of nitrogens with one attached hydrogen (secondary N) is 1. The zero-order valence-electron chi connectivity index (χ0n) is 20.4. The summed E-state index contributed by atoms with van der Waals surface area (Å²) in [5.74, 6) is -0.161. The molecule has 0 aliphatic carbocycles. The summed E-state index contributed by atoms with van der Waals surface area (Å²) in [5, 5.41) is 0.746. The molecule has 2 aromatic carbocycles. The molecule has 1 aromatic heterocycles. The molecule has 1 aliphatic heterocycles. The van der Waals surface area contributed by atoms with E-state index in [1.807, 2.05) is 24.3 Å². The topological polar surface area (TPSA) is 69.7 Å². The van der Waals surface area contributed by atoms with E-state index >= 15 is 0 Å². The van der Waals surface area contributed by atoms with Gasteiger partial charge in [0.15, 0.2) is 0 Å². The van der Waals surface area contributed by atoms with Gasteiger partial charge in [0.05, 0.1) is 4.90 Å². The van der Waals surface area contributed by atoms with Crippen molar-refractivity contribution in [2.45, 2.75) is 37.8 Å². The Kier molecular flexibility index (Phi) is 8.29. The number of thiophene rings is 1. The fourth-order valence-electron chi connectivity index (χ4n) is 4.08. The number of hydrogen-bond donors (Lipinski definition) is 1. The summed E-state index contributed by atoms with van der Waals surface area (Å²) in [5.41, 5.74) is 0.772. The van der Waals surface area contributed by atoms with E-state index in [1.165, 1.54) is 10.9 Å². The number of piperazine rings is 1. The number of benzene rings is 2. The minimum atomic E-state index is -3.78. The normalized spacial score (nSPS) is 15.3. The standard InChI is InChI=1S/C26H29BrClN3O3S2/c1-26(2,3)29-36(33,34)24-16-18(8-10-21(24)27)25(32)31-14-12-30(13-15-31)17-19-9-11-23(35-19)20-6-4-5-7-22(20)28/h4-11,16,29H,12-15,17H2,1-3H3. The molecule has 3 aromatic rings. The van der Waals surface area contributed by atoms with Crippen LogP contribution < -0.4 is 4.72 Å². The summed E-state index contributed by atoms with van der Waals surface area (Å²) >= 11 is 11.4. The monoisotopic (exact) mass is 609 g/mol. The van der Waals surface area contributed by atoms with Crippen LogP contribution in [0.5, 0.6) is 0 Å². The summed E-state index contributed by atoms with van der Waals surface area (Å²) in [6.07, 6.45) is 0. The van der Waals surface area contributed by atoms with Crippen LogP contribution in [-0.2, 0) is 16.6 Å². The Morgan fingerprint density at radius 3 is 2.42 bits per heavy atom. The van der Waals surface area contributed by atoms with E-state index in [2.05, 4.69) is 37.7 Å². The van der Waals surface area contributed by atoms with Gasteiger partial charge in [0.2, 0.25) is 10.0 Å². The molecule has 0 spiro atoms. The Morgan fingerprint density at radius 2 is 1.75 bits per heavy atom. The first-order valence-electron chi connectivity index (χ1n) is 11.6. The maximum atomic E-state index is 13.2. The predicted octanol–water partition coefficient (Wildman–Crippen LogP) is 5.87. The van der Waals surface area contributed by atoms with Crippen molar-refractivity contribution in [1.29, 1.82) is 0 Å². The summed E-state index contributed by atoms with van der Waals surface area (Å²) in [7, 11) is -3.78.